The van der Waals surface area contributed by atoms with Crippen LogP contribution in [0.15, 0.2) is 18.2 Å². The zero-order valence-electron chi connectivity index (χ0n) is 16.8. The molecular weight excluding hydrogens is 318 g/mol. The Balaban J connectivity index is 2.79. The van der Waals surface area contributed by atoms with E-state index in [0.29, 0.717) is 19.2 Å². The molecule has 25 heavy (non-hydrogen) atoms. The van der Waals surface area contributed by atoms with Crippen LogP contribution < -0.4 is 9.47 Å². The van der Waals surface area contributed by atoms with Crippen LogP contribution in [0.5, 0.6) is 11.5 Å². The minimum Gasteiger partial charge on any atom is -0.493 e. The highest BCUT2D eigenvalue weighted by Gasteiger charge is 2.20. The van der Waals surface area contributed by atoms with E-state index in [0.717, 1.165) is 30.0 Å². The molecule has 2 atom stereocenters. The summed E-state index contributed by atoms with van der Waals surface area (Å²) < 4.78 is 16.4. The Morgan fingerprint density at radius 3 is 2.28 bits per heavy atom. The molecule has 5 heteroatoms. The van der Waals surface area contributed by atoms with Crippen molar-refractivity contribution in [1.82, 2.24) is 4.90 Å². The summed E-state index contributed by atoms with van der Waals surface area (Å²) in [7, 11) is 3.27. The molecule has 1 aromatic carbocycles. The second-order valence-electron chi connectivity index (χ2n) is 7.45. The van der Waals surface area contributed by atoms with Crippen molar-refractivity contribution in [2.75, 3.05) is 27.4 Å². The van der Waals surface area contributed by atoms with E-state index >= 15 is 0 Å². The van der Waals surface area contributed by atoms with Crippen LogP contribution in [0.1, 0.15) is 46.6 Å². The molecule has 0 aliphatic heterocycles. The number of hydrogen-bond acceptors (Lipinski definition) is 5. The maximum Gasteiger partial charge on any atom is 0.161 e. The maximum atomic E-state index is 10.4. The van der Waals surface area contributed by atoms with Crippen molar-refractivity contribution < 1.29 is 19.3 Å². The third-order valence-electron chi connectivity index (χ3n) is 4.20. The van der Waals surface area contributed by atoms with Crippen molar-refractivity contribution in [3.8, 4) is 11.5 Å². The van der Waals surface area contributed by atoms with Crippen LogP contribution in [0.2, 0.25) is 0 Å². The number of hydrogen-bond donors (Lipinski definition) is 1. The molecule has 0 heterocycles. The number of nitrogens with zero attached hydrogens (tertiary/aromatic N) is 1. The van der Waals surface area contributed by atoms with Crippen molar-refractivity contribution in [1.29, 1.82) is 0 Å². The molecule has 0 aliphatic carbocycles. The van der Waals surface area contributed by atoms with E-state index in [4.69, 9.17) is 14.2 Å². The zero-order chi connectivity index (χ0) is 19.0. The lowest BCUT2D eigenvalue weighted by molar-refractivity contribution is -0.0593. The van der Waals surface area contributed by atoms with Gasteiger partial charge in [0.25, 0.3) is 0 Å². The van der Waals surface area contributed by atoms with Crippen LogP contribution in [0.3, 0.4) is 0 Å². The van der Waals surface area contributed by atoms with Gasteiger partial charge in [0.1, 0.15) is 0 Å². The van der Waals surface area contributed by atoms with Gasteiger partial charge in [-0.2, -0.15) is 0 Å². The van der Waals surface area contributed by atoms with E-state index in [2.05, 4.69) is 18.7 Å². The molecule has 1 rings (SSSR count). The van der Waals surface area contributed by atoms with E-state index in [1.807, 2.05) is 39.0 Å². The fourth-order valence-corrected chi connectivity index (χ4v) is 2.54. The van der Waals surface area contributed by atoms with E-state index in [9.17, 15) is 5.11 Å². The average molecular weight is 354 g/mol. The molecule has 0 aromatic heterocycles. The van der Waals surface area contributed by atoms with Gasteiger partial charge in [-0.3, -0.25) is 4.90 Å². The van der Waals surface area contributed by atoms with E-state index in [-0.39, 0.29) is 5.60 Å². The Labute approximate surface area is 152 Å². The highest BCUT2D eigenvalue weighted by molar-refractivity contribution is 5.42. The third-order valence-corrected chi connectivity index (χ3v) is 4.20. The van der Waals surface area contributed by atoms with Gasteiger partial charge in [-0.15, -0.1) is 0 Å². The minimum atomic E-state index is -0.520. The molecule has 5 nitrogen and oxygen atoms in total. The summed E-state index contributed by atoms with van der Waals surface area (Å²) in [5, 5.41) is 10.4. The van der Waals surface area contributed by atoms with Crippen LogP contribution in [0.25, 0.3) is 0 Å². The highest BCUT2D eigenvalue weighted by atomic mass is 16.5. The van der Waals surface area contributed by atoms with E-state index in [1.54, 1.807) is 14.2 Å². The summed E-state index contributed by atoms with van der Waals surface area (Å²) in [4.78, 5) is 2.28. The summed E-state index contributed by atoms with van der Waals surface area (Å²) >= 11 is 0. The summed E-state index contributed by atoms with van der Waals surface area (Å²) in [6, 6.07) is 6.31. The minimum absolute atomic E-state index is 0.245. The van der Waals surface area contributed by atoms with Crippen LogP contribution in [-0.2, 0) is 11.3 Å². The second kappa shape index (κ2) is 10.00. The van der Waals surface area contributed by atoms with Crippen molar-refractivity contribution in [2.45, 2.75) is 65.3 Å². The van der Waals surface area contributed by atoms with Gasteiger partial charge in [0, 0.05) is 19.1 Å². The first kappa shape index (κ1) is 21.7. The SMILES string of the molecule is CCC(C)N(Cc1ccc(OC)c(OC)c1)CC(O)COC(C)(C)C. The van der Waals surface area contributed by atoms with Crippen molar-refractivity contribution in [2.24, 2.45) is 0 Å². The molecule has 2 unspecified atom stereocenters. The lowest BCUT2D eigenvalue weighted by atomic mass is 10.1. The van der Waals surface area contributed by atoms with E-state index in [1.165, 1.54) is 0 Å². The molecule has 0 radical (unpaired) electrons. The van der Waals surface area contributed by atoms with Crippen LogP contribution in [-0.4, -0.2) is 55.1 Å². The summed E-state index contributed by atoms with van der Waals surface area (Å²) in [6.45, 7) is 12.0. The van der Waals surface area contributed by atoms with Gasteiger partial charge >= 0.3 is 0 Å². The Morgan fingerprint density at radius 1 is 1.12 bits per heavy atom. The number of aliphatic hydroxyl groups is 1. The summed E-state index contributed by atoms with van der Waals surface area (Å²) in [5.41, 5.74) is 0.882. The molecular formula is C20H35NO4. The van der Waals surface area contributed by atoms with Crippen molar-refractivity contribution in [3.05, 3.63) is 23.8 Å². The number of ether oxygens (including phenoxy) is 3. The molecule has 1 N–H and O–H groups in total. The third kappa shape index (κ3) is 7.63. The molecule has 0 aliphatic rings. The van der Waals surface area contributed by atoms with Crippen LogP contribution in [0.4, 0.5) is 0 Å². The summed E-state index contributed by atoms with van der Waals surface area (Å²) in [6.07, 6.45) is 0.494. The molecule has 1 aromatic rings. The first-order valence-electron chi connectivity index (χ1n) is 8.97. The number of rotatable bonds is 10. The van der Waals surface area contributed by atoms with Gasteiger partial charge < -0.3 is 19.3 Å². The standard InChI is InChI=1S/C20H35NO4/c1-8-15(2)21(13-17(22)14-25-20(3,4)5)12-16-9-10-18(23-6)19(11-16)24-7/h9-11,15,17,22H,8,12-14H2,1-7H3. The number of aliphatic hydroxyl groups excluding tert-OH is 1. The van der Waals surface area contributed by atoms with Gasteiger partial charge in [-0.05, 0) is 51.8 Å². The monoisotopic (exact) mass is 353 g/mol. The average Bonchev–Trinajstić information content (AvgIpc) is 2.57. The fraction of sp³-hybridized carbons (Fsp3) is 0.700. The number of methoxy groups -OCH3 is 2. The summed E-state index contributed by atoms with van der Waals surface area (Å²) in [5.74, 6) is 1.45. The predicted octanol–water partition coefficient (Wildman–Crippen LogP) is 3.48. The van der Waals surface area contributed by atoms with Gasteiger partial charge in [-0.1, -0.05) is 13.0 Å². The van der Waals surface area contributed by atoms with Gasteiger partial charge in [-0.25, -0.2) is 0 Å². The topological polar surface area (TPSA) is 51.2 Å². The quantitative estimate of drug-likeness (QED) is 0.698. The molecule has 0 amide bonds. The second-order valence-corrected chi connectivity index (χ2v) is 7.45. The normalized spacial score (nSPS) is 14.4. The largest absolute Gasteiger partial charge is 0.493 e. The molecule has 0 saturated heterocycles. The molecule has 144 valence electrons. The highest BCUT2D eigenvalue weighted by Crippen LogP contribution is 2.28. The van der Waals surface area contributed by atoms with Crippen LogP contribution >= 0.6 is 0 Å². The lowest BCUT2D eigenvalue weighted by Gasteiger charge is -2.31. The fourth-order valence-electron chi connectivity index (χ4n) is 2.54. The van der Waals surface area contributed by atoms with Gasteiger partial charge in [0.05, 0.1) is 32.5 Å². The van der Waals surface area contributed by atoms with Crippen molar-refractivity contribution >= 4 is 0 Å². The first-order valence-corrected chi connectivity index (χ1v) is 8.97. The molecule has 0 saturated carbocycles. The lowest BCUT2D eigenvalue weighted by Crippen LogP contribution is -2.41. The zero-order valence-corrected chi connectivity index (χ0v) is 16.8. The Bertz CT molecular complexity index is 513. The molecule has 0 fully saturated rings. The Morgan fingerprint density at radius 2 is 1.76 bits per heavy atom. The number of benzene rings is 1. The predicted molar refractivity (Wildman–Crippen MR) is 101 cm³/mol. The smallest absolute Gasteiger partial charge is 0.161 e. The first-order chi connectivity index (χ1) is 11.7. The Kier molecular flexibility index (Phi) is 8.69. The Hall–Kier alpha value is -1.30. The van der Waals surface area contributed by atoms with E-state index < -0.39 is 6.10 Å². The molecule has 0 bridgehead atoms. The van der Waals surface area contributed by atoms with Gasteiger partial charge in [0.15, 0.2) is 11.5 Å². The van der Waals surface area contributed by atoms with Crippen LogP contribution in [0, 0.1) is 0 Å². The molecule has 0 spiro atoms. The van der Waals surface area contributed by atoms with Gasteiger partial charge in [0.2, 0.25) is 0 Å². The van der Waals surface area contributed by atoms with Crippen molar-refractivity contribution in [3.63, 3.8) is 0 Å². The maximum absolute atomic E-state index is 10.4.